The largest absolute Gasteiger partial charge is 0.460 e. The number of carbonyl (C=O) groups excluding carboxylic acids is 1. The minimum atomic E-state index is -2.55. The molecule has 0 aromatic heterocycles. The van der Waals surface area contributed by atoms with Gasteiger partial charge >= 0.3 is 5.97 Å². The molecular formula is C25H32O4Si. The van der Waals surface area contributed by atoms with E-state index in [0.29, 0.717) is 13.0 Å². The summed E-state index contributed by atoms with van der Waals surface area (Å²) >= 11 is 0. The summed E-state index contributed by atoms with van der Waals surface area (Å²) in [7, 11) is -2.55. The highest BCUT2D eigenvalue weighted by Crippen LogP contribution is 2.38. The predicted molar refractivity (Wildman–Crippen MR) is 121 cm³/mol. The molecule has 3 atom stereocenters. The Morgan fingerprint density at radius 2 is 1.50 bits per heavy atom. The van der Waals surface area contributed by atoms with Gasteiger partial charge in [0.25, 0.3) is 8.32 Å². The molecule has 0 unspecified atom stereocenters. The van der Waals surface area contributed by atoms with E-state index in [-0.39, 0.29) is 29.3 Å². The van der Waals surface area contributed by atoms with Gasteiger partial charge in [0.05, 0.1) is 18.8 Å². The van der Waals surface area contributed by atoms with Gasteiger partial charge in [-0.15, -0.1) is 0 Å². The van der Waals surface area contributed by atoms with E-state index in [0.717, 1.165) is 19.3 Å². The van der Waals surface area contributed by atoms with E-state index in [4.69, 9.17) is 13.9 Å². The highest BCUT2D eigenvalue weighted by molar-refractivity contribution is 6.99. The summed E-state index contributed by atoms with van der Waals surface area (Å²) in [6.07, 6.45) is 3.10. The summed E-state index contributed by atoms with van der Waals surface area (Å²) in [5.74, 6) is -0.101. The Morgan fingerprint density at radius 3 is 2.00 bits per heavy atom. The number of carbonyl (C=O) groups is 1. The third-order valence-corrected chi connectivity index (χ3v) is 11.4. The van der Waals surface area contributed by atoms with Crippen molar-refractivity contribution < 1.29 is 18.7 Å². The van der Waals surface area contributed by atoms with Crippen LogP contribution >= 0.6 is 0 Å². The fourth-order valence-corrected chi connectivity index (χ4v) is 9.51. The summed E-state index contributed by atoms with van der Waals surface area (Å²) in [5, 5.41) is 2.51. The molecule has 4 rings (SSSR count). The lowest BCUT2D eigenvalue weighted by Gasteiger charge is -2.43. The molecule has 0 amide bonds. The van der Waals surface area contributed by atoms with Crippen molar-refractivity contribution in [2.45, 2.75) is 69.8 Å². The third-order valence-electron chi connectivity index (χ3n) is 6.37. The van der Waals surface area contributed by atoms with Crippen LogP contribution in [0.1, 0.15) is 46.5 Å². The van der Waals surface area contributed by atoms with E-state index in [1.54, 1.807) is 0 Å². The number of rotatable bonds is 6. The Morgan fingerprint density at radius 1 is 0.900 bits per heavy atom. The highest BCUT2D eigenvalue weighted by Gasteiger charge is 2.50. The quantitative estimate of drug-likeness (QED) is 0.522. The molecule has 0 spiro atoms. The van der Waals surface area contributed by atoms with E-state index < -0.39 is 8.32 Å². The summed E-state index contributed by atoms with van der Waals surface area (Å²) < 4.78 is 18.7. The van der Waals surface area contributed by atoms with Crippen LogP contribution < -0.4 is 10.4 Å². The second-order valence-electron chi connectivity index (χ2n) is 9.42. The van der Waals surface area contributed by atoms with Crippen LogP contribution in [0.2, 0.25) is 5.04 Å². The number of hydrogen-bond acceptors (Lipinski definition) is 4. The lowest BCUT2D eigenvalue weighted by Crippen LogP contribution is -2.67. The normalized spacial score (nSPS) is 24.8. The maximum absolute atomic E-state index is 11.5. The molecule has 2 aromatic carbocycles. The van der Waals surface area contributed by atoms with Crippen LogP contribution in [0.5, 0.6) is 0 Å². The minimum Gasteiger partial charge on any atom is -0.460 e. The zero-order valence-electron chi connectivity index (χ0n) is 18.2. The number of esters is 1. The van der Waals surface area contributed by atoms with E-state index in [9.17, 15) is 4.79 Å². The number of benzene rings is 2. The van der Waals surface area contributed by atoms with Crippen molar-refractivity contribution in [2.24, 2.45) is 0 Å². The first-order valence-electron chi connectivity index (χ1n) is 11.0. The lowest BCUT2D eigenvalue weighted by molar-refractivity contribution is -0.147. The van der Waals surface area contributed by atoms with E-state index in [1.165, 1.54) is 10.4 Å². The molecule has 2 aliphatic rings. The van der Waals surface area contributed by atoms with Gasteiger partial charge in [0.1, 0.15) is 6.10 Å². The first kappa shape index (κ1) is 21.3. The first-order valence-corrected chi connectivity index (χ1v) is 12.9. The van der Waals surface area contributed by atoms with Gasteiger partial charge in [-0.05, 0) is 34.7 Å². The average molecular weight is 425 g/mol. The van der Waals surface area contributed by atoms with Crippen LogP contribution in [0, 0.1) is 0 Å². The maximum Gasteiger partial charge on any atom is 0.306 e. The van der Waals surface area contributed by atoms with E-state index in [1.807, 2.05) is 0 Å². The number of ether oxygens (including phenoxy) is 2. The standard InChI is InChI=1S/C25H32O4Si/c1-25(2,3)30(20-10-6-4-7-11-20,21-12-8-5-9-13-21)27-18-19-14-15-22(28-19)23-16-17-24(26)29-23/h4-13,19,22-23H,14-18H2,1-3H3/t19-,22-,23-/m1/s1. The van der Waals surface area contributed by atoms with Gasteiger partial charge in [-0.25, -0.2) is 0 Å². The van der Waals surface area contributed by atoms with Crippen molar-refractivity contribution in [3.63, 3.8) is 0 Å². The summed E-state index contributed by atoms with van der Waals surface area (Å²) in [5.41, 5.74) is 0. The van der Waals surface area contributed by atoms with Gasteiger partial charge < -0.3 is 13.9 Å². The molecule has 0 saturated carbocycles. The Bertz CT molecular complexity index is 807. The first-order chi connectivity index (χ1) is 14.4. The van der Waals surface area contributed by atoms with Gasteiger partial charge in [0, 0.05) is 6.42 Å². The molecule has 0 aliphatic carbocycles. The van der Waals surface area contributed by atoms with Gasteiger partial charge in [0.15, 0.2) is 0 Å². The fourth-order valence-electron chi connectivity index (χ4n) is 4.92. The average Bonchev–Trinajstić information content (AvgIpc) is 3.38. The molecule has 30 heavy (non-hydrogen) atoms. The summed E-state index contributed by atoms with van der Waals surface area (Å²) in [6.45, 7) is 7.42. The second kappa shape index (κ2) is 8.65. The van der Waals surface area contributed by atoms with Crippen molar-refractivity contribution in [3.8, 4) is 0 Å². The predicted octanol–water partition coefficient (Wildman–Crippen LogP) is 3.82. The van der Waals surface area contributed by atoms with Crippen LogP contribution in [0.3, 0.4) is 0 Å². The van der Waals surface area contributed by atoms with Crippen molar-refractivity contribution in [1.29, 1.82) is 0 Å². The van der Waals surface area contributed by atoms with Crippen molar-refractivity contribution in [2.75, 3.05) is 6.61 Å². The minimum absolute atomic E-state index is 0.00389. The van der Waals surface area contributed by atoms with Crippen LogP contribution in [0.25, 0.3) is 0 Å². The zero-order valence-corrected chi connectivity index (χ0v) is 19.2. The molecule has 0 N–H and O–H groups in total. The molecule has 2 aliphatic heterocycles. The fraction of sp³-hybridized carbons (Fsp3) is 0.480. The molecule has 160 valence electrons. The maximum atomic E-state index is 11.5. The van der Waals surface area contributed by atoms with Gasteiger partial charge in [-0.3, -0.25) is 4.79 Å². The van der Waals surface area contributed by atoms with E-state index >= 15 is 0 Å². The van der Waals surface area contributed by atoms with Crippen molar-refractivity contribution in [3.05, 3.63) is 60.7 Å². The summed E-state index contributed by atoms with van der Waals surface area (Å²) in [6, 6.07) is 21.4. The molecule has 2 saturated heterocycles. The topological polar surface area (TPSA) is 44.8 Å². The van der Waals surface area contributed by atoms with Crippen LogP contribution in [0.4, 0.5) is 0 Å². The molecule has 0 radical (unpaired) electrons. The zero-order chi connectivity index (χ0) is 21.2. The SMILES string of the molecule is CC(C)(C)[Si](OC[C@H]1CC[C@H]([C@H]2CCC(=O)O2)O1)(c1ccccc1)c1ccccc1. The Balaban J connectivity index is 1.57. The number of hydrogen-bond donors (Lipinski definition) is 0. The molecule has 2 aromatic rings. The molecule has 0 bridgehead atoms. The van der Waals surface area contributed by atoms with Gasteiger partial charge in [-0.1, -0.05) is 81.4 Å². The van der Waals surface area contributed by atoms with Crippen LogP contribution in [0.15, 0.2) is 60.7 Å². The van der Waals surface area contributed by atoms with Crippen LogP contribution in [-0.2, 0) is 18.7 Å². The highest BCUT2D eigenvalue weighted by atomic mass is 28.4. The summed E-state index contributed by atoms with van der Waals surface area (Å²) in [4.78, 5) is 11.5. The van der Waals surface area contributed by atoms with E-state index in [2.05, 4.69) is 81.4 Å². The lowest BCUT2D eigenvalue weighted by atomic mass is 10.1. The molecule has 5 heteroatoms. The van der Waals surface area contributed by atoms with Gasteiger partial charge in [0.2, 0.25) is 0 Å². The monoisotopic (exact) mass is 424 g/mol. The molecular weight excluding hydrogens is 392 g/mol. The third kappa shape index (κ3) is 4.11. The van der Waals surface area contributed by atoms with Crippen LogP contribution in [-0.4, -0.2) is 39.2 Å². The number of cyclic esters (lactones) is 1. The van der Waals surface area contributed by atoms with Gasteiger partial charge in [-0.2, -0.15) is 0 Å². The molecule has 2 heterocycles. The smallest absolute Gasteiger partial charge is 0.306 e. The van der Waals surface area contributed by atoms with Crippen molar-refractivity contribution >= 4 is 24.7 Å². The Kier molecular flexibility index (Phi) is 6.14. The Hall–Kier alpha value is -1.95. The van der Waals surface area contributed by atoms with Crippen molar-refractivity contribution in [1.82, 2.24) is 0 Å². The second-order valence-corrected chi connectivity index (χ2v) is 13.7. The molecule has 2 fully saturated rings. The Labute approximate surface area is 180 Å². The molecule has 4 nitrogen and oxygen atoms in total.